The van der Waals surface area contributed by atoms with Crippen molar-refractivity contribution in [3.63, 3.8) is 0 Å². The van der Waals surface area contributed by atoms with Crippen LogP contribution in [0.3, 0.4) is 0 Å². The Kier molecular flexibility index (Phi) is 8.85. The van der Waals surface area contributed by atoms with E-state index in [-0.39, 0.29) is 11.8 Å². The largest absolute Gasteiger partial charge is 0.299 e. The van der Waals surface area contributed by atoms with Crippen LogP contribution in [-0.2, 0) is 11.2 Å². The van der Waals surface area contributed by atoms with Crippen LogP contribution in [0.5, 0.6) is 0 Å². The maximum Gasteiger partial charge on any atom is 0.143 e. The normalized spacial score (nSPS) is 19.4. The molecule has 0 aliphatic heterocycles. The Balaban J connectivity index is 1.73. The standard InChI is InChI=1S/C31H38O/c1-5-7-9-18-30-27(21-25-14-10-8-11-15-25)22-28(31(30)32)20-23(3)19-26-16-12-13-17-29(26)24(4)6-2/h8,10-17,21,28,30H,3-7,9,18-20,22H2,1-2H3/b27-21-. The van der Waals surface area contributed by atoms with Crippen molar-refractivity contribution in [2.24, 2.45) is 11.8 Å². The van der Waals surface area contributed by atoms with E-state index in [1.54, 1.807) is 0 Å². The fourth-order valence-corrected chi connectivity index (χ4v) is 4.92. The first-order valence-electron chi connectivity index (χ1n) is 12.2. The highest BCUT2D eigenvalue weighted by molar-refractivity contribution is 5.91. The topological polar surface area (TPSA) is 17.1 Å². The van der Waals surface area contributed by atoms with Gasteiger partial charge in [-0.05, 0) is 54.4 Å². The van der Waals surface area contributed by atoms with Crippen molar-refractivity contribution in [2.45, 2.75) is 65.2 Å². The van der Waals surface area contributed by atoms with E-state index in [1.807, 2.05) is 6.07 Å². The third kappa shape index (κ3) is 6.19. The lowest BCUT2D eigenvalue weighted by atomic mass is 9.89. The number of hydrogen-bond donors (Lipinski definition) is 0. The summed E-state index contributed by atoms with van der Waals surface area (Å²) in [6, 6.07) is 18.9. The van der Waals surface area contributed by atoms with Gasteiger partial charge >= 0.3 is 0 Å². The number of rotatable bonds is 11. The highest BCUT2D eigenvalue weighted by Crippen LogP contribution is 2.40. The van der Waals surface area contributed by atoms with Crippen molar-refractivity contribution in [2.75, 3.05) is 0 Å². The highest BCUT2D eigenvalue weighted by Gasteiger charge is 2.37. The average Bonchev–Trinajstić information content (AvgIpc) is 3.08. The lowest BCUT2D eigenvalue weighted by molar-refractivity contribution is -0.123. The van der Waals surface area contributed by atoms with E-state index in [0.29, 0.717) is 5.78 Å². The second-order valence-electron chi connectivity index (χ2n) is 9.23. The van der Waals surface area contributed by atoms with Crippen molar-refractivity contribution < 1.29 is 4.79 Å². The summed E-state index contributed by atoms with van der Waals surface area (Å²) < 4.78 is 0. The summed E-state index contributed by atoms with van der Waals surface area (Å²) in [5, 5.41) is 0. The Bertz CT molecular complexity index is 963. The molecule has 1 aliphatic rings. The van der Waals surface area contributed by atoms with Crippen LogP contribution in [0.1, 0.15) is 75.5 Å². The second-order valence-corrected chi connectivity index (χ2v) is 9.23. The smallest absolute Gasteiger partial charge is 0.143 e. The number of carbonyl (C=O) groups is 1. The van der Waals surface area contributed by atoms with E-state index >= 15 is 0 Å². The molecule has 0 aromatic heterocycles. The van der Waals surface area contributed by atoms with Crippen molar-refractivity contribution in [3.05, 3.63) is 95.6 Å². The summed E-state index contributed by atoms with van der Waals surface area (Å²) in [5.74, 6) is 0.563. The van der Waals surface area contributed by atoms with Gasteiger partial charge in [0.15, 0.2) is 0 Å². The molecule has 1 fully saturated rings. The van der Waals surface area contributed by atoms with Gasteiger partial charge in [-0.25, -0.2) is 0 Å². The SMILES string of the molecule is C=C(Cc1ccccc1C(=C)CC)CC1C/C(=C/c2ccccc2)C(CCCCC)C1=O. The van der Waals surface area contributed by atoms with Gasteiger partial charge in [0.2, 0.25) is 0 Å². The third-order valence-corrected chi connectivity index (χ3v) is 6.72. The van der Waals surface area contributed by atoms with Gasteiger partial charge in [-0.3, -0.25) is 4.79 Å². The molecule has 3 rings (SSSR count). The van der Waals surface area contributed by atoms with Gasteiger partial charge in [-0.1, -0.05) is 118 Å². The number of ketones is 1. The zero-order chi connectivity index (χ0) is 22.9. The lowest BCUT2D eigenvalue weighted by Crippen LogP contribution is -2.15. The Labute approximate surface area is 195 Å². The fourth-order valence-electron chi connectivity index (χ4n) is 4.92. The Morgan fingerprint density at radius 3 is 2.44 bits per heavy atom. The van der Waals surface area contributed by atoms with Gasteiger partial charge in [0, 0.05) is 11.8 Å². The minimum Gasteiger partial charge on any atom is -0.299 e. The minimum atomic E-state index is 0.0608. The molecule has 2 unspecified atom stereocenters. The van der Waals surface area contributed by atoms with E-state index in [2.05, 4.69) is 81.6 Å². The molecule has 0 spiro atoms. The highest BCUT2D eigenvalue weighted by atomic mass is 16.1. The number of allylic oxidation sites excluding steroid dienone is 3. The fraction of sp³-hybridized carbons (Fsp3) is 0.387. The van der Waals surface area contributed by atoms with Crippen LogP contribution >= 0.6 is 0 Å². The second kappa shape index (κ2) is 11.8. The number of hydrogen-bond acceptors (Lipinski definition) is 1. The summed E-state index contributed by atoms with van der Waals surface area (Å²) >= 11 is 0. The molecule has 0 radical (unpaired) electrons. The molecule has 0 amide bonds. The Hall–Kier alpha value is -2.67. The van der Waals surface area contributed by atoms with Crippen LogP contribution in [0.4, 0.5) is 0 Å². The van der Waals surface area contributed by atoms with Crippen LogP contribution < -0.4 is 0 Å². The first kappa shape index (κ1) is 24.0. The lowest BCUT2D eigenvalue weighted by Gasteiger charge is -2.15. The van der Waals surface area contributed by atoms with E-state index in [0.717, 1.165) is 49.7 Å². The maximum atomic E-state index is 13.4. The van der Waals surface area contributed by atoms with E-state index in [4.69, 9.17) is 0 Å². The maximum absolute atomic E-state index is 13.4. The molecule has 0 heterocycles. The summed E-state index contributed by atoms with van der Waals surface area (Å²) in [6.45, 7) is 13.0. The monoisotopic (exact) mass is 426 g/mol. The molecular weight excluding hydrogens is 388 g/mol. The molecule has 2 aromatic carbocycles. The Morgan fingerprint density at radius 1 is 1.00 bits per heavy atom. The van der Waals surface area contributed by atoms with E-state index in [1.165, 1.54) is 35.1 Å². The van der Waals surface area contributed by atoms with Gasteiger partial charge in [-0.2, -0.15) is 0 Å². The summed E-state index contributed by atoms with van der Waals surface area (Å²) in [6.07, 6.45) is 10.1. The summed E-state index contributed by atoms with van der Waals surface area (Å²) in [7, 11) is 0. The zero-order valence-electron chi connectivity index (χ0n) is 19.9. The molecule has 0 bridgehead atoms. The molecule has 168 valence electrons. The molecule has 0 saturated heterocycles. The van der Waals surface area contributed by atoms with Crippen LogP contribution in [-0.4, -0.2) is 5.78 Å². The number of Topliss-reactive ketones (excluding diaryl/α,β-unsaturated/α-hetero) is 1. The molecule has 1 aliphatic carbocycles. The van der Waals surface area contributed by atoms with Crippen molar-refractivity contribution in [1.29, 1.82) is 0 Å². The first-order valence-corrected chi connectivity index (χ1v) is 12.2. The average molecular weight is 427 g/mol. The summed E-state index contributed by atoms with van der Waals surface area (Å²) in [4.78, 5) is 13.4. The predicted octanol–water partition coefficient (Wildman–Crippen LogP) is 8.47. The van der Waals surface area contributed by atoms with Gasteiger partial charge in [-0.15, -0.1) is 0 Å². The molecule has 2 atom stereocenters. The van der Waals surface area contributed by atoms with Crippen molar-refractivity contribution in [3.8, 4) is 0 Å². The Morgan fingerprint density at radius 2 is 1.72 bits per heavy atom. The first-order chi connectivity index (χ1) is 15.5. The molecule has 1 nitrogen and oxygen atoms in total. The van der Waals surface area contributed by atoms with Crippen LogP contribution in [0.2, 0.25) is 0 Å². The molecule has 1 saturated carbocycles. The number of benzene rings is 2. The zero-order valence-corrected chi connectivity index (χ0v) is 19.9. The van der Waals surface area contributed by atoms with Gasteiger partial charge in [0.25, 0.3) is 0 Å². The predicted molar refractivity (Wildman–Crippen MR) is 138 cm³/mol. The van der Waals surface area contributed by atoms with Crippen LogP contribution in [0.15, 0.2) is 78.9 Å². The van der Waals surface area contributed by atoms with E-state index < -0.39 is 0 Å². The quantitative estimate of drug-likeness (QED) is 0.260. The van der Waals surface area contributed by atoms with Gasteiger partial charge < -0.3 is 0 Å². The third-order valence-electron chi connectivity index (χ3n) is 6.72. The number of carbonyl (C=O) groups excluding carboxylic acids is 1. The number of unbranched alkanes of at least 4 members (excludes halogenated alkanes) is 2. The van der Waals surface area contributed by atoms with Crippen LogP contribution in [0.25, 0.3) is 11.6 Å². The molecule has 2 aromatic rings. The molecular formula is C31H38O. The van der Waals surface area contributed by atoms with Crippen molar-refractivity contribution in [1.82, 2.24) is 0 Å². The van der Waals surface area contributed by atoms with Crippen LogP contribution in [0, 0.1) is 11.8 Å². The molecule has 32 heavy (non-hydrogen) atoms. The van der Waals surface area contributed by atoms with Gasteiger partial charge in [0.1, 0.15) is 5.78 Å². The van der Waals surface area contributed by atoms with Gasteiger partial charge in [0.05, 0.1) is 0 Å². The molecule has 1 heteroatoms. The summed E-state index contributed by atoms with van der Waals surface area (Å²) in [5.41, 5.74) is 7.32. The minimum absolute atomic E-state index is 0.0608. The van der Waals surface area contributed by atoms with Crippen molar-refractivity contribution >= 4 is 17.4 Å². The molecule has 0 N–H and O–H groups in total. The van der Waals surface area contributed by atoms with E-state index in [9.17, 15) is 4.79 Å².